The van der Waals surface area contributed by atoms with Crippen LogP contribution in [0.5, 0.6) is 0 Å². The molecule has 0 aromatic heterocycles. The third-order valence-electron chi connectivity index (χ3n) is 3.83. The van der Waals surface area contributed by atoms with Gasteiger partial charge in [-0.25, -0.2) is 13.1 Å². The van der Waals surface area contributed by atoms with E-state index in [1.807, 2.05) is 11.8 Å². The van der Waals surface area contributed by atoms with Gasteiger partial charge in [0.15, 0.2) is 0 Å². The van der Waals surface area contributed by atoms with E-state index in [4.69, 9.17) is 17.3 Å². The zero-order valence-electron chi connectivity index (χ0n) is 12.0. The van der Waals surface area contributed by atoms with Crippen LogP contribution < -0.4 is 10.5 Å². The van der Waals surface area contributed by atoms with Crippen molar-refractivity contribution in [2.45, 2.75) is 48.4 Å². The van der Waals surface area contributed by atoms with Crippen LogP contribution in [0.1, 0.15) is 31.2 Å². The summed E-state index contributed by atoms with van der Waals surface area (Å²) in [5.41, 5.74) is 6.22. The zero-order valence-corrected chi connectivity index (χ0v) is 14.4. The van der Waals surface area contributed by atoms with E-state index in [1.165, 1.54) is 6.07 Å². The van der Waals surface area contributed by atoms with Gasteiger partial charge in [0.05, 0.1) is 4.90 Å². The number of rotatable bonds is 5. The van der Waals surface area contributed by atoms with Crippen LogP contribution >= 0.6 is 23.4 Å². The monoisotopic (exact) mass is 348 g/mol. The standard InChI is InChI=1S/C14H21ClN2O2S2/c1-20-12-4-2-3-11(8-12)17-21(18,19)13-5-6-14(15)10(7-13)9-16/h5-7,11-12,17H,2-4,8-9,16H2,1H3. The van der Waals surface area contributed by atoms with Crippen molar-refractivity contribution < 1.29 is 8.42 Å². The van der Waals surface area contributed by atoms with Gasteiger partial charge in [-0.05, 0) is 49.3 Å². The molecule has 1 aliphatic rings. The third-order valence-corrected chi connectivity index (χ3v) is 6.81. The van der Waals surface area contributed by atoms with E-state index in [0.717, 1.165) is 25.7 Å². The first-order valence-electron chi connectivity index (χ1n) is 7.00. The highest BCUT2D eigenvalue weighted by atomic mass is 35.5. The Kier molecular flexibility index (Phi) is 5.96. The number of halogens is 1. The van der Waals surface area contributed by atoms with Crippen LogP contribution in [-0.4, -0.2) is 26.0 Å². The topological polar surface area (TPSA) is 72.2 Å². The summed E-state index contributed by atoms with van der Waals surface area (Å²) in [4.78, 5) is 0.235. The smallest absolute Gasteiger partial charge is 0.240 e. The maximum atomic E-state index is 12.5. The number of hydrogen-bond acceptors (Lipinski definition) is 4. The van der Waals surface area contributed by atoms with Gasteiger partial charge in [-0.15, -0.1) is 0 Å². The molecule has 0 saturated heterocycles. The second kappa shape index (κ2) is 7.33. The van der Waals surface area contributed by atoms with E-state index in [9.17, 15) is 8.42 Å². The molecule has 0 spiro atoms. The van der Waals surface area contributed by atoms with E-state index >= 15 is 0 Å². The number of sulfonamides is 1. The molecule has 21 heavy (non-hydrogen) atoms. The summed E-state index contributed by atoms with van der Waals surface area (Å²) in [6, 6.07) is 4.68. The SMILES string of the molecule is CSC1CCCC(NS(=O)(=O)c2ccc(Cl)c(CN)c2)C1. The molecule has 1 fully saturated rings. The molecular formula is C14H21ClN2O2S2. The molecule has 1 aliphatic carbocycles. The van der Waals surface area contributed by atoms with Crippen molar-refractivity contribution in [1.82, 2.24) is 4.72 Å². The highest BCUT2D eigenvalue weighted by Crippen LogP contribution is 2.28. The van der Waals surface area contributed by atoms with E-state index in [1.54, 1.807) is 12.1 Å². The van der Waals surface area contributed by atoms with Gasteiger partial charge in [0.2, 0.25) is 10.0 Å². The summed E-state index contributed by atoms with van der Waals surface area (Å²) >= 11 is 7.79. The third kappa shape index (κ3) is 4.36. The first kappa shape index (κ1) is 17.1. The summed E-state index contributed by atoms with van der Waals surface area (Å²) in [6.45, 7) is 0.222. The first-order chi connectivity index (χ1) is 9.96. The fourth-order valence-corrected chi connectivity index (χ4v) is 4.98. The molecule has 0 radical (unpaired) electrons. The van der Waals surface area contributed by atoms with Gasteiger partial charge in [-0.3, -0.25) is 0 Å². The maximum Gasteiger partial charge on any atom is 0.240 e. The Hall–Kier alpha value is -0.270. The predicted octanol–water partition coefficient (Wildman–Crippen LogP) is 2.75. The Bertz CT molecular complexity index is 593. The van der Waals surface area contributed by atoms with Gasteiger partial charge in [-0.2, -0.15) is 11.8 Å². The number of nitrogens with one attached hydrogen (secondary N) is 1. The summed E-state index contributed by atoms with van der Waals surface area (Å²) in [5, 5.41) is 1.04. The van der Waals surface area contributed by atoms with Crippen LogP contribution in [0.25, 0.3) is 0 Å². The number of nitrogens with two attached hydrogens (primary N) is 1. The molecule has 2 rings (SSSR count). The lowest BCUT2D eigenvalue weighted by Crippen LogP contribution is -2.39. The molecule has 2 atom stereocenters. The van der Waals surface area contributed by atoms with Gasteiger partial charge < -0.3 is 5.73 Å². The van der Waals surface area contributed by atoms with Gasteiger partial charge in [0, 0.05) is 22.9 Å². The van der Waals surface area contributed by atoms with Crippen molar-refractivity contribution in [3.05, 3.63) is 28.8 Å². The van der Waals surface area contributed by atoms with Crippen LogP contribution in [0.4, 0.5) is 0 Å². The van der Waals surface area contributed by atoms with Crippen LogP contribution in [-0.2, 0) is 16.6 Å². The van der Waals surface area contributed by atoms with Crippen LogP contribution in [0.15, 0.2) is 23.1 Å². The second-order valence-electron chi connectivity index (χ2n) is 5.30. The van der Waals surface area contributed by atoms with Crippen molar-refractivity contribution in [2.75, 3.05) is 6.26 Å². The normalized spacial score (nSPS) is 23.2. The predicted molar refractivity (Wildman–Crippen MR) is 89.2 cm³/mol. The van der Waals surface area contributed by atoms with Crippen molar-refractivity contribution in [1.29, 1.82) is 0 Å². The Labute approximate surface area is 135 Å². The minimum Gasteiger partial charge on any atom is -0.326 e. The second-order valence-corrected chi connectivity index (χ2v) is 8.56. The Balaban J connectivity index is 2.14. The zero-order chi connectivity index (χ0) is 15.5. The van der Waals surface area contributed by atoms with Crippen molar-refractivity contribution in [3.8, 4) is 0 Å². The molecule has 0 bridgehead atoms. The highest BCUT2D eigenvalue weighted by Gasteiger charge is 2.26. The number of benzene rings is 1. The molecule has 1 aromatic rings. The van der Waals surface area contributed by atoms with E-state index in [-0.39, 0.29) is 17.5 Å². The Morgan fingerprint density at radius 2 is 2.19 bits per heavy atom. The molecule has 1 saturated carbocycles. The van der Waals surface area contributed by atoms with Crippen molar-refractivity contribution in [3.63, 3.8) is 0 Å². The molecule has 0 aliphatic heterocycles. The fourth-order valence-electron chi connectivity index (χ4n) is 2.63. The van der Waals surface area contributed by atoms with E-state index in [0.29, 0.717) is 15.8 Å². The molecule has 7 heteroatoms. The van der Waals surface area contributed by atoms with Crippen LogP contribution in [0.2, 0.25) is 5.02 Å². The molecule has 0 heterocycles. The number of hydrogen-bond donors (Lipinski definition) is 2. The lowest BCUT2D eigenvalue weighted by molar-refractivity contribution is 0.421. The molecule has 0 amide bonds. The summed E-state index contributed by atoms with van der Waals surface area (Å²) in [7, 11) is -3.51. The lowest BCUT2D eigenvalue weighted by atomic mass is 9.96. The fraction of sp³-hybridized carbons (Fsp3) is 0.571. The number of thioether (sulfide) groups is 1. The molecule has 3 N–H and O–H groups in total. The van der Waals surface area contributed by atoms with E-state index in [2.05, 4.69) is 11.0 Å². The van der Waals surface area contributed by atoms with Crippen LogP contribution in [0, 0.1) is 0 Å². The Morgan fingerprint density at radius 1 is 1.43 bits per heavy atom. The summed E-state index contributed by atoms with van der Waals surface area (Å²) in [5.74, 6) is 0. The molecule has 118 valence electrons. The van der Waals surface area contributed by atoms with Gasteiger partial charge in [0.1, 0.15) is 0 Å². The molecule has 1 aromatic carbocycles. The average Bonchev–Trinajstić information content (AvgIpc) is 2.47. The summed E-state index contributed by atoms with van der Waals surface area (Å²) in [6.07, 6.45) is 6.09. The molecule has 2 unspecified atom stereocenters. The van der Waals surface area contributed by atoms with Gasteiger partial charge >= 0.3 is 0 Å². The van der Waals surface area contributed by atoms with Gasteiger partial charge in [-0.1, -0.05) is 18.0 Å². The summed E-state index contributed by atoms with van der Waals surface area (Å²) < 4.78 is 27.8. The average molecular weight is 349 g/mol. The van der Waals surface area contributed by atoms with Gasteiger partial charge in [0.25, 0.3) is 0 Å². The highest BCUT2D eigenvalue weighted by molar-refractivity contribution is 7.99. The lowest BCUT2D eigenvalue weighted by Gasteiger charge is -2.28. The molecular weight excluding hydrogens is 328 g/mol. The van der Waals surface area contributed by atoms with E-state index < -0.39 is 10.0 Å². The minimum absolute atomic E-state index is 0.0122. The maximum absolute atomic E-state index is 12.5. The Morgan fingerprint density at radius 3 is 2.86 bits per heavy atom. The first-order valence-corrected chi connectivity index (χ1v) is 10.1. The molecule has 4 nitrogen and oxygen atoms in total. The van der Waals surface area contributed by atoms with Crippen molar-refractivity contribution >= 4 is 33.4 Å². The minimum atomic E-state index is -3.51. The largest absolute Gasteiger partial charge is 0.326 e. The van der Waals surface area contributed by atoms with Crippen molar-refractivity contribution in [2.24, 2.45) is 5.73 Å². The quantitative estimate of drug-likeness (QED) is 0.858. The van der Waals surface area contributed by atoms with Crippen LogP contribution in [0.3, 0.4) is 0 Å².